The van der Waals surface area contributed by atoms with Gasteiger partial charge in [0.25, 0.3) is 5.89 Å². The highest BCUT2D eigenvalue weighted by Crippen LogP contribution is 2.24. The van der Waals surface area contributed by atoms with Gasteiger partial charge >= 0.3 is 6.43 Å². The molecule has 0 aliphatic rings. The van der Waals surface area contributed by atoms with Gasteiger partial charge in [0.05, 0.1) is 12.8 Å². The Hall–Kier alpha value is -2.82. The van der Waals surface area contributed by atoms with Crippen LogP contribution in [0.1, 0.15) is 17.9 Å². The van der Waals surface area contributed by atoms with E-state index in [0.717, 1.165) is 10.6 Å². The Morgan fingerprint density at radius 1 is 1.15 bits per heavy atom. The minimum absolute atomic E-state index is 0.0299. The van der Waals surface area contributed by atoms with Crippen molar-refractivity contribution in [3.63, 3.8) is 0 Å². The van der Waals surface area contributed by atoms with Crippen LogP contribution in [0.15, 0.2) is 47.0 Å². The number of rotatable bonds is 6. The van der Waals surface area contributed by atoms with Crippen LogP contribution in [-0.4, -0.2) is 37.7 Å². The summed E-state index contributed by atoms with van der Waals surface area (Å²) in [5, 5.41) is 6.84. The van der Waals surface area contributed by atoms with E-state index in [2.05, 4.69) is 15.2 Å². The van der Waals surface area contributed by atoms with Crippen LogP contribution >= 0.6 is 0 Å². The molecule has 0 spiro atoms. The van der Waals surface area contributed by atoms with Gasteiger partial charge in [-0.2, -0.15) is 8.78 Å². The molecule has 11 heteroatoms. The van der Waals surface area contributed by atoms with Crippen LogP contribution in [0, 0.1) is 0 Å². The van der Waals surface area contributed by atoms with Gasteiger partial charge < -0.3 is 4.42 Å². The molecule has 27 heavy (non-hydrogen) atoms. The summed E-state index contributed by atoms with van der Waals surface area (Å²) in [5.74, 6) is -0.571. The van der Waals surface area contributed by atoms with Gasteiger partial charge in [0.2, 0.25) is 15.9 Å². The van der Waals surface area contributed by atoms with Crippen LogP contribution in [0.5, 0.6) is 0 Å². The van der Waals surface area contributed by atoms with Gasteiger partial charge in [0.15, 0.2) is 0 Å². The SMILES string of the molecule is [B]c1ccc(N(Cc2ccc(-c3nnc(C(F)F)o3)cc2)S(C)(=O)=O)nc1. The van der Waals surface area contributed by atoms with E-state index in [0.29, 0.717) is 16.6 Å². The number of sulfonamides is 1. The predicted octanol–water partition coefficient (Wildman–Crippen LogP) is 1.83. The molecule has 0 amide bonds. The second-order valence-corrected chi connectivity index (χ2v) is 7.57. The molecule has 0 saturated heterocycles. The number of hydrogen-bond acceptors (Lipinski definition) is 6. The zero-order valence-corrected chi connectivity index (χ0v) is 14.9. The van der Waals surface area contributed by atoms with Crippen molar-refractivity contribution in [1.29, 1.82) is 0 Å². The number of benzene rings is 1. The first-order valence-corrected chi connectivity index (χ1v) is 9.49. The third kappa shape index (κ3) is 4.48. The normalized spacial score (nSPS) is 11.7. The zero-order valence-electron chi connectivity index (χ0n) is 14.1. The van der Waals surface area contributed by atoms with Crippen LogP contribution < -0.4 is 9.77 Å². The lowest BCUT2D eigenvalue weighted by molar-refractivity contribution is 0.116. The Morgan fingerprint density at radius 2 is 1.85 bits per heavy atom. The average Bonchev–Trinajstić information content (AvgIpc) is 3.11. The molecule has 2 radical (unpaired) electrons. The molecule has 0 aliphatic carbocycles. The first-order chi connectivity index (χ1) is 12.7. The average molecular weight is 390 g/mol. The summed E-state index contributed by atoms with van der Waals surface area (Å²) >= 11 is 0. The maximum atomic E-state index is 12.5. The van der Waals surface area contributed by atoms with Crippen molar-refractivity contribution in [1.82, 2.24) is 15.2 Å². The minimum atomic E-state index is -3.59. The summed E-state index contributed by atoms with van der Waals surface area (Å²) in [6.07, 6.45) is -0.405. The van der Waals surface area contributed by atoms with Gasteiger partial charge in [-0.3, -0.25) is 0 Å². The van der Waals surface area contributed by atoms with E-state index in [4.69, 9.17) is 12.3 Å². The highest BCUT2D eigenvalue weighted by Gasteiger charge is 2.20. The molecular weight excluding hydrogens is 377 g/mol. The van der Waals surface area contributed by atoms with Crippen molar-refractivity contribution >= 4 is 29.2 Å². The second kappa shape index (κ2) is 7.43. The monoisotopic (exact) mass is 390 g/mol. The Bertz CT molecular complexity index is 1020. The number of alkyl halides is 2. The van der Waals surface area contributed by atoms with Gasteiger partial charge in [-0.1, -0.05) is 23.7 Å². The fourth-order valence-corrected chi connectivity index (χ4v) is 3.10. The van der Waals surface area contributed by atoms with Gasteiger partial charge in [0, 0.05) is 11.8 Å². The molecule has 3 aromatic rings. The summed E-state index contributed by atoms with van der Waals surface area (Å²) < 4.78 is 55.3. The minimum Gasteiger partial charge on any atom is -0.415 e. The maximum Gasteiger partial charge on any atom is 0.314 e. The van der Waals surface area contributed by atoms with Crippen molar-refractivity contribution in [3.05, 3.63) is 54.0 Å². The number of anilines is 1. The highest BCUT2D eigenvalue weighted by atomic mass is 32.2. The lowest BCUT2D eigenvalue weighted by Crippen LogP contribution is -2.30. The van der Waals surface area contributed by atoms with Gasteiger partial charge in [-0.05, 0) is 23.8 Å². The number of nitrogens with zero attached hydrogens (tertiary/aromatic N) is 4. The van der Waals surface area contributed by atoms with E-state index < -0.39 is 22.3 Å². The van der Waals surface area contributed by atoms with Crippen LogP contribution in [0.3, 0.4) is 0 Å². The summed E-state index contributed by atoms with van der Waals surface area (Å²) in [7, 11) is 1.99. The topological polar surface area (TPSA) is 89.2 Å². The Kier molecular flexibility index (Phi) is 5.22. The fourth-order valence-electron chi connectivity index (χ4n) is 2.27. The van der Waals surface area contributed by atoms with E-state index in [1.165, 1.54) is 12.3 Å². The predicted molar refractivity (Wildman–Crippen MR) is 95.3 cm³/mol. The smallest absolute Gasteiger partial charge is 0.314 e. The first kappa shape index (κ1) is 19.0. The van der Waals surface area contributed by atoms with E-state index in [9.17, 15) is 17.2 Å². The van der Waals surface area contributed by atoms with Crippen LogP contribution in [-0.2, 0) is 16.6 Å². The van der Waals surface area contributed by atoms with Gasteiger partial charge in [-0.15, -0.1) is 10.2 Å². The van der Waals surface area contributed by atoms with Crippen LogP contribution in [0.2, 0.25) is 0 Å². The van der Waals surface area contributed by atoms with Crippen LogP contribution in [0.25, 0.3) is 11.5 Å². The Labute approximate surface area is 155 Å². The summed E-state index contributed by atoms with van der Waals surface area (Å²) in [6, 6.07) is 9.49. The molecule has 0 N–H and O–H groups in total. The molecule has 2 aromatic heterocycles. The summed E-state index contributed by atoms with van der Waals surface area (Å²) in [6.45, 7) is 0.0299. The van der Waals surface area contributed by atoms with Crippen LogP contribution in [0.4, 0.5) is 14.6 Å². The summed E-state index contributed by atoms with van der Waals surface area (Å²) in [5.41, 5.74) is 1.50. The molecule has 1 aromatic carbocycles. The third-order valence-electron chi connectivity index (χ3n) is 3.58. The number of halogens is 2. The van der Waals surface area contributed by atoms with Crippen molar-refractivity contribution in [2.45, 2.75) is 13.0 Å². The summed E-state index contributed by atoms with van der Waals surface area (Å²) in [4.78, 5) is 4.04. The van der Waals surface area contributed by atoms with Gasteiger partial charge in [0.1, 0.15) is 13.7 Å². The maximum absolute atomic E-state index is 12.5. The quantitative estimate of drug-likeness (QED) is 0.597. The third-order valence-corrected chi connectivity index (χ3v) is 4.70. The molecular formula is C16H13BF2N4O3S. The van der Waals surface area contributed by atoms with E-state index in [-0.39, 0.29) is 18.3 Å². The zero-order chi connectivity index (χ0) is 19.6. The van der Waals surface area contributed by atoms with Gasteiger partial charge in [-0.25, -0.2) is 17.7 Å². The standard InChI is InChI=1S/C16H13BF2N4O3S/c1-27(24,25)23(13-7-6-12(17)8-20-13)9-10-2-4-11(5-3-10)15-21-22-16(26-15)14(18)19/h2-8,14H,9H2,1H3. The van der Waals surface area contributed by atoms with Crippen molar-refractivity contribution in [2.24, 2.45) is 0 Å². The molecule has 7 nitrogen and oxygen atoms in total. The Balaban J connectivity index is 1.83. The highest BCUT2D eigenvalue weighted by molar-refractivity contribution is 7.92. The number of aromatic nitrogens is 3. The number of hydrogen-bond donors (Lipinski definition) is 0. The molecule has 0 aliphatic heterocycles. The largest absolute Gasteiger partial charge is 0.415 e. The van der Waals surface area contributed by atoms with Crippen molar-refractivity contribution in [3.8, 4) is 11.5 Å². The van der Waals surface area contributed by atoms with E-state index >= 15 is 0 Å². The Morgan fingerprint density at radius 3 is 2.37 bits per heavy atom. The molecule has 0 atom stereocenters. The first-order valence-electron chi connectivity index (χ1n) is 7.64. The molecule has 3 rings (SSSR count). The molecule has 0 saturated carbocycles. The molecule has 138 valence electrons. The molecule has 2 heterocycles. The number of pyridine rings is 1. The fraction of sp³-hybridized carbons (Fsp3) is 0.188. The van der Waals surface area contributed by atoms with Crippen molar-refractivity contribution in [2.75, 3.05) is 10.6 Å². The lowest BCUT2D eigenvalue weighted by Gasteiger charge is -2.21. The lowest BCUT2D eigenvalue weighted by atomic mass is 9.99. The van der Waals surface area contributed by atoms with E-state index in [1.807, 2.05) is 0 Å². The van der Waals surface area contributed by atoms with Crippen molar-refractivity contribution < 1.29 is 21.6 Å². The molecule has 0 unspecified atom stereocenters. The van der Waals surface area contributed by atoms with E-state index in [1.54, 1.807) is 30.3 Å². The second-order valence-electron chi connectivity index (χ2n) is 5.66. The molecule has 0 fully saturated rings. The molecule has 0 bridgehead atoms.